The Kier molecular flexibility index (Phi) is 3.68. The van der Waals surface area contributed by atoms with Gasteiger partial charge in [-0.15, -0.1) is 0 Å². The Labute approximate surface area is 88.8 Å². The minimum absolute atomic E-state index is 0.0650. The van der Waals surface area contributed by atoms with Crippen LogP contribution < -0.4 is 11.1 Å². The molecule has 0 radical (unpaired) electrons. The van der Waals surface area contributed by atoms with Gasteiger partial charge < -0.3 is 16.0 Å². The van der Waals surface area contributed by atoms with Crippen molar-refractivity contribution < 1.29 is 4.79 Å². The van der Waals surface area contributed by atoms with Crippen molar-refractivity contribution >= 4 is 11.6 Å². The summed E-state index contributed by atoms with van der Waals surface area (Å²) in [5.41, 5.74) is 6.24. The lowest BCUT2D eigenvalue weighted by Gasteiger charge is -2.17. The summed E-state index contributed by atoms with van der Waals surface area (Å²) in [5.74, 6) is -0.223. The van der Waals surface area contributed by atoms with E-state index in [0.29, 0.717) is 11.4 Å². The predicted octanol–water partition coefficient (Wildman–Crippen LogP) is -0.328. The first-order valence-corrected chi connectivity index (χ1v) is 4.75. The average Bonchev–Trinajstić information content (AvgIpc) is 2.49. The maximum absolute atomic E-state index is 11.6. The number of hydrogen-bond donors (Lipinski definition) is 3. The molecular formula is C9H17N5O. The fraction of sp³-hybridized carbons (Fsp3) is 0.556. The highest BCUT2D eigenvalue weighted by atomic mass is 16.2. The van der Waals surface area contributed by atoms with Crippen LogP contribution >= 0.6 is 0 Å². The lowest BCUT2D eigenvalue weighted by molar-refractivity contribution is 0.0930. The molecule has 4 N–H and O–H groups in total. The molecule has 6 nitrogen and oxygen atoms in total. The number of likely N-dealkylation sites (N-methyl/N-ethyl adjacent to an activating group) is 1. The molecule has 0 saturated carbocycles. The largest absolute Gasteiger partial charge is 0.396 e. The van der Waals surface area contributed by atoms with Gasteiger partial charge in [-0.05, 0) is 21.0 Å². The maximum atomic E-state index is 11.6. The third-order valence-electron chi connectivity index (χ3n) is 1.91. The molecule has 1 heterocycles. The Morgan fingerprint density at radius 3 is 2.87 bits per heavy atom. The number of carbonyl (C=O) groups is 1. The zero-order valence-corrected chi connectivity index (χ0v) is 9.24. The van der Waals surface area contributed by atoms with Crippen molar-refractivity contribution in [2.75, 3.05) is 26.4 Å². The molecule has 1 aromatic rings. The van der Waals surface area contributed by atoms with Crippen molar-refractivity contribution in [3.63, 3.8) is 0 Å². The van der Waals surface area contributed by atoms with Gasteiger partial charge in [0.05, 0.1) is 11.9 Å². The number of rotatable bonds is 4. The number of nitrogens with one attached hydrogen (secondary N) is 2. The first kappa shape index (κ1) is 11.5. The Balaban J connectivity index is 2.53. The van der Waals surface area contributed by atoms with Crippen LogP contribution in [0.5, 0.6) is 0 Å². The van der Waals surface area contributed by atoms with E-state index in [4.69, 9.17) is 5.73 Å². The highest BCUT2D eigenvalue weighted by Crippen LogP contribution is 2.05. The molecule has 1 unspecified atom stereocenters. The van der Waals surface area contributed by atoms with Crippen LogP contribution in [0.25, 0.3) is 0 Å². The highest BCUT2D eigenvalue weighted by Gasteiger charge is 2.14. The first-order chi connectivity index (χ1) is 7.00. The molecule has 0 aromatic carbocycles. The molecule has 0 spiro atoms. The van der Waals surface area contributed by atoms with Gasteiger partial charge in [-0.3, -0.25) is 9.89 Å². The number of nitrogens with zero attached hydrogens (tertiary/aromatic N) is 2. The molecule has 1 aromatic heterocycles. The van der Waals surface area contributed by atoms with Crippen LogP contribution in [0.3, 0.4) is 0 Å². The maximum Gasteiger partial charge on any atom is 0.271 e. The van der Waals surface area contributed by atoms with E-state index >= 15 is 0 Å². The Morgan fingerprint density at radius 2 is 2.40 bits per heavy atom. The second kappa shape index (κ2) is 4.79. The third kappa shape index (κ3) is 3.25. The van der Waals surface area contributed by atoms with Gasteiger partial charge in [0.2, 0.25) is 0 Å². The number of amides is 1. The number of aromatic nitrogens is 2. The number of hydrogen-bond acceptors (Lipinski definition) is 4. The van der Waals surface area contributed by atoms with Gasteiger partial charge >= 0.3 is 0 Å². The SMILES string of the molecule is CC(CN(C)C)NC(=O)c1[nH]ncc1N. The van der Waals surface area contributed by atoms with E-state index in [2.05, 4.69) is 15.5 Å². The summed E-state index contributed by atoms with van der Waals surface area (Å²) in [6, 6.07) is 0.0650. The van der Waals surface area contributed by atoms with Crippen LogP contribution in [0, 0.1) is 0 Å². The van der Waals surface area contributed by atoms with Crippen molar-refractivity contribution in [1.82, 2.24) is 20.4 Å². The van der Waals surface area contributed by atoms with Gasteiger partial charge in [-0.1, -0.05) is 0 Å². The molecule has 1 atom stereocenters. The fourth-order valence-electron chi connectivity index (χ4n) is 1.37. The van der Waals surface area contributed by atoms with Crippen molar-refractivity contribution in [2.45, 2.75) is 13.0 Å². The molecule has 1 amide bonds. The topological polar surface area (TPSA) is 87.0 Å². The van der Waals surface area contributed by atoms with E-state index in [1.54, 1.807) is 0 Å². The summed E-state index contributed by atoms with van der Waals surface area (Å²) >= 11 is 0. The van der Waals surface area contributed by atoms with Crippen LogP contribution in [0.4, 0.5) is 5.69 Å². The van der Waals surface area contributed by atoms with Gasteiger partial charge in [-0.25, -0.2) is 0 Å². The molecule has 0 saturated heterocycles. The van der Waals surface area contributed by atoms with Gasteiger partial charge in [0.15, 0.2) is 0 Å². The summed E-state index contributed by atoms with van der Waals surface area (Å²) < 4.78 is 0. The molecule has 0 aliphatic heterocycles. The first-order valence-electron chi connectivity index (χ1n) is 4.75. The zero-order valence-electron chi connectivity index (χ0n) is 9.24. The van der Waals surface area contributed by atoms with Crippen LogP contribution in [-0.4, -0.2) is 47.7 Å². The smallest absolute Gasteiger partial charge is 0.271 e. The molecule has 0 aliphatic rings. The quantitative estimate of drug-likeness (QED) is 0.636. The number of anilines is 1. The molecule has 0 fully saturated rings. The number of nitrogen functional groups attached to an aromatic ring is 1. The zero-order chi connectivity index (χ0) is 11.4. The van der Waals surface area contributed by atoms with Crippen LogP contribution in [0.1, 0.15) is 17.4 Å². The van der Waals surface area contributed by atoms with E-state index in [1.165, 1.54) is 6.20 Å². The summed E-state index contributed by atoms with van der Waals surface area (Å²) in [7, 11) is 3.90. The number of aromatic amines is 1. The Morgan fingerprint density at radius 1 is 1.73 bits per heavy atom. The van der Waals surface area contributed by atoms with E-state index in [-0.39, 0.29) is 11.9 Å². The van der Waals surface area contributed by atoms with Gasteiger partial charge in [-0.2, -0.15) is 5.10 Å². The summed E-state index contributed by atoms with van der Waals surface area (Å²) in [6.45, 7) is 2.71. The van der Waals surface area contributed by atoms with Crippen molar-refractivity contribution in [1.29, 1.82) is 0 Å². The molecule has 84 valence electrons. The lowest BCUT2D eigenvalue weighted by Crippen LogP contribution is -2.39. The van der Waals surface area contributed by atoms with Crippen molar-refractivity contribution in [3.8, 4) is 0 Å². The predicted molar refractivity (Wildman–Crippen MR) is 58.5 cm³/mol. The molecule has 15 heavy (non-hydrogen) atoms. The Bertz CT molecular complexity index is 333. The second-order valence-electron chi connectivity index (χ2n) is 3.84. The lowest BCUT2D eigenvalue weighted by atomic mass is 10.3. The number of carbonyl (C=O) groups excluding carboxylic acids is 1. The summed E-state index contributed by atoms with van der Waals surface area (Å²) in [6.07, 6.45) is 1.42. The average molecular weight is 211 g/mol. The second-order valence-corrected chi connectivity index (χ2v) is 3.84. The van der Waals surface area contributed by atoms with Gasteiger partial charge in [0.1, 0.15) is 5.69 Å². The molecule has 0 bridgehead atoms. The number of nitrogens with two attached hydrogens (primary N) is 1. The fourth-order valence-corrected chi connectivity index (χ4v) is 1.37. The van der Waals surface area contributed by atoms with Gasteiger partial charge in [0, 0.05) is 12.6 Å². The van der Waals surface area contributed by atoms with E-state index in [9.17, 15) is 4.79 Å². The minimum Gasteiger partial charge on any atom is -0.396 e. The van der Waals surface area contributed by atoms with Crippen molar-refractivity contribution in [3.05, 3.63) is 11.9 Å². The normalized spacial score (nSPS) is 12.8. The van der Waals surface area contributed by atoms with E-state index in [0.717, 1.165) is 6.54 Å². The minimum atomic E-state index is -0.223. The third-order valence-corrected chi connectivity index (χ3v) is 1.91. The van der Waals surface area contributed by atoms with E-state index in [1.807, 2.05) is 25.9 Å². The monoisotopic (exact) mass is 211 g/mol. The molecule has 6 heteroatoms. The highest BCUT2D eigenvalue weighted by molar-refractivity contribution is 5.97. The summed E-state index contributed by atoms with van der Waals surface area (Å²) in [5, 5.41) is 9.08. The van der Waals surface area contributed by atoms with E-state index < -0.39 is 0 Å². The number of H-pyrrole nitrogens is 1. The van der Waals surface area contributed by atoms with Crippen LogP contribution in [-0.2, 0) is 0 Å². The van der Waals surface area contributed by atoms with Crippen LogP contribution in [0.15, 0.2) is 6.20 Å². The molecule has 1 rings (SSSR count). The van der Waals surface area contributed by atoms with Gasteiger partial charge in [0.25, 0.3) is 5.91 Å². The Hall–Kier alpha value is -1.56. The molecule has 0 aliphatic carbocycles. The van der Waals surface area contributed by atoms with Crippen LogP contribution in [0.2, 0.25) is 0 Å². The molecular weight excluding hydrogens is 194 g/mol. The standard InChI is InChI=1S/C9H17N5O/c1-6(5-14(2)3)12-9(15)8-7(10)4-11-13-8/h4,6H,5,10H2,1-3H3,(H,11,13)(H,12,15). The summed E-state index contributed by atoms with van der Waals surface area (Å²) in [4.78, 5) is 13.6. The van der Waals surface area contributed by atoms with Crippen molar-refractivity contribution in [2.24, 2.45) is 0 Å².